The van der Waals surface area contributed by atoms with Gasteiger partial charge in [-0.25, -0.2) is 0 Å². The molecular weight excluding hydrogens is 346 g/mol. The topological polar surface area (TPSA) is 40.1 Å². The van der Waals surface area contributed by atoms with E-state index in [-0.39, 0.29) is 5.56 Å². The number of nitrogens with zero attached hydrogens (tertiary/aromatic N) is 1. The summed E-state index contributed by atoms with van der Waals surface area (Å²) in [6, 6.07) is 13.7. The van der Waals surface area contributed by atoms with Crippen molar-refractivity contribution in [3.63, 3.8) is 0 Å². The van der Waals surface area contributed by atoms with Crippen LogP contribution in [0, 0.1) is 12.8 Å². The highest BCUT2D eigenvalue weighted by atomic mass is 16.4. The van der Waals surface area contributed by atoms with Gasteiger partial charge in [-0.3, -0.25) is 0 Å². The van der Waals surface area contributed by atoms with Crippen LogP contribution in [-0.4, -0.2) is 31.1 Å². The summed E-state index contributed by atoms with van der Waals surface area (Å²) in [4.78, 5) is 11.7. The van der Waals surface area contributed by atoms with Gasteiger partial charge in [-0.1, -0.05) is 68.5 Å². The lowest BCUT2D eigenvalue weighted by Gasteiger charge is -2.32. The van der Waals surface area contributed by atoms with Gasteiger partial charge in [0.25, 0.3) is 0 Å². The van der Waals surface area contributed by atoms with Gasteiger partial charge in [0.2, 0.25) is 0 Å². The molecule has 0 saturated heterocycles. The van der Waals surface area contributed by atoms with Crippen molar-refractivity contribution in [1.29, 1.82) is 0 Å². The Morgan fingerprint density at radius 1 is 1.04 bits per heavy atom. The van der Waals surface area contributed by atoms with Crippen LogP contribution >= 0.6 is 0 Å². The first-order valence-corrected chi connectivity index (χ1v) is 10.6. The van der Waals surface area contributed by atoms with Crippen LogP contribution in [0.5, 0.6) is 0 Å². The molecule has 3 nitrogen and oxygen atoms in total. The Labute approximate surface area is 169 Å². The van der Waals surface area contributed by atoms with Crippen molar-refractivity contribution in [3.05, 3.63) is 59.2 Å². The van der Waals surface area contributed by atoms with Gasteiger partial charge in [0.15, 0.2) is 0 Å². The van der Waals surface area contributed by atoms with E-state index in [1.165, 1.54) is 44.1 Å². The summed E-state index contributed by atoms with van der Waals surface area (Å²) in [7, 11) is 4.56. The Morgan fingerprint density at radius 2 is 1.75 bits per heavy atom. The van der Waals surface area contributed by atoms with Gasteiger partial charge in [0, 0.05) is 11.1 Å². The van der Waals surface area contributed by atoms with Crippen LogP contribution in [0.4, 0.5) is 0 Å². The Balaban J connectivity index is 1.79. The average Bonchev–Trinajstić information content (AvgIpc) is 2.67. The minimum atomic E-state index is -1.11. The normalized spacial score (nSPS) is 15.5. The summed E-state index contributed by atoms with van der Waals surface area (Å²) in [5.74, 6) is -0.231. The standard InChI is InChI=1S/C25H33NO2/c1-19-9-7-8-12-22(19)24-17-21(13-14-23(24)25(27)28)18-26(2,3)16-15-20-10-5-4-6-11-20/h7-9,12-14,17,20H,4-6,10-11,15-16,18H2,1-3H3. The molecule has 28 heavy (non-hydrogen) atoms. The lowest BCUT2D eigenvalue weighted by Crippen LogP contribution is -2.40. The van der Waals surface area contributed by atoms with Crippen molar-refractivity contribution >= 4 is 5.97 Å². The first-order valence-electron chi connectivity index (χ1n) is 10.6. The van der Waals surface area contributed by atoms with Gasteiger partial charge in [0.05, 0.1) is 26.6 Å². The van der Waals surface area contributed by atoms with Crippen LogP contribution in [0.1, 0.15) is 60.0 Å². The van der Waals surface area contributed by atoms with Crippen molar-refractivity contribution in [2.75, 3.05) is 20.6 Å². The minimum Gasteiger partial charge on any atom is -0.545 e. The largest absolute Gasteiger partial charge is 0.545 e. The number of aryl methyl sites for hydroxylation is 1. The SMILES string of the molecule is Cc1ccccc1-c1cc(C[N+](C)(C)CCC2CCCCC2)ccc1C(=O)[O-]. The van der Waals surface area contributed by atoms with Gasteiger partial charge in [-0.15, -0.1) is 0 Å². The van der Waals surface area contributed by atoms with E-state index >= 15 is 0 Å². The average molecular weight is 380 g/mol. The zero-order valence-corrected chi connectivity index (χ0v) is 17.5. The van der Waals surface area contributed by atoms with E-state index in [0.717, 1.165) is 40.2 Å². The monoisotopic (exact) mass is 379 g/mol. The number of carbonyl (C=O) groups excluding carboxylic acids is 1. The molecule has 0 radical (unpaired) electrons. The maximum Gasteiger partial charge on any atom is 0.104 e. The van der Waals surface area contributed by atoms with Gasteiger partial charge < -0.3 is 14.4 Å². The summed E-state index contributed by atoms with van der Waals surface area (Å²) < 4.78 is 0.925. The highest BCUT2D eigenvalue weighted by molar-refractivity contribution is 5.95. The number of carbonyl (C=O) groups is 1. The number of quaternary nitrogens is 1. The lowest BCUT2D eigenvalue weighted by atomic mass is 9.87. The van der Waals surface area contributed by atoms with E-state index in [4.69, 9.17) is 0 Å². The van der Waals surface area contributed by atoms with Crippen LogP contribution in [0.3, 0.4) is 0 Å². The molecule has 0 N–H and O–H groups in total. The maximum absolute atomic E-state index is 11.7. The molecule has 0 spiro atoms. The molecule has 1 fully saturated rings. The fraction of sp³-hybridized carbons (Fsp3) is 0.480. The minimum absolute atomic E-state index is 0.269. The molecule has 0 aliphatic heterocycles. The lowest BCUT2D eigenvalue weighted by molar-refractivity contribution is -0.904. The molecule has 0 bridgehead atoms. The van der Waals surface area contributed by atoms with E-state index in [1.807, 2.05) is 43.3 Å². The fourth-order valence-corrected chi connectivity index (χ4v) is 4.55. The molecule has 1 saturated carbocycles. The summed E-state index contributed by atoms with van der Waals surface area (Å²) in [6.45, 7) is 4.08. The second kappa shape index (κ2) is 8.91. The van der Waals surface area contributed by atoms with Crippen molar-refractivity contribution in [2.24, 2.45) is 5.92 Å². The zero-order valence-electron chi connectivity index (χ0n) is 17.5. The molecule has 1 aliphatic carbocycles. The number of hydrogen-bond donors (Lipinski definition) is 0. The molecule has 0 aromatic heterocycles. The van der Waals surface area contributed by atoms with E-state index in [9.17, 15) is 9.90 Å². The number of rotatable bonds is 7. The quantitative estimate of drug-likeness (QED) is 0.661. The van der Waals surface area contributed by atoms with Crippen LogP contribution in [0.2, 0.25) is 0 Å². The van der Waals surface area contributed by atoms with Gasteiger partial charge in [0.1, 0.15) is 6.54 Å². The summed E-state index contributed by atoms with van der Waals surface area (Å²) >= 11 is 0. The number of carboxylic acid groups (broad SMARTS) is 1. The van der Waals surface area contributed by atoms with Gasteiger partial charge in [-0.05, 0) is 42.0 Å². The second-order valence-corrected chi connectivity index (χ2v) is 9.09. The molecule has 0 amide bonds. The van der Waals surface area contributed by atoms with Crippen LogP contribution in [0.25, 0.3) is 11.1 Å². The predicted octanol–water partition coefficient (Wildman–Crippen LogP) is 4.57. The maximum atomic E-state index is 11.7. The van der Waals surface area contributed by atoms with Crippen molar-refractivity contribution < 1.29 is 14.4 Å². The molecule has 0 unspecified atom stereocenters. The predicted molar refractivity (Wildman–Crippen MR) is 113 cm³/mol. The van der Waals surface area contributed by atoms with Crippen molar-refractivity contribution in [2.45, 2.75) is 52.0 Å². The van der Waals surface area contributed by atoms with Crippen LogP contribution < -0.4 is 5.11 Å². The summed E-state index contributed by atoms with van der Waals surface area (Å²) in [5.41, 5.74) is 4.26. The van der Waals surface area contributed by atoms with E-state index in [0.29, 0.717) is 0 Å². The molecule has 2 aromatic rings. The van der Waals surface area contributed by atoms with Crippen LogP contribution in [-0.2, 0) is 6.54 Å². The highest BCUT2D eigenvalue weighted by Crippen LogP contribution is 2.30. The number of aromatic carboxylic acids is 1. The molecule has 3 heteroatoms. The number of carboxylic acids is 1. The molecule has 1 aliphatic rings. The number of hydrogen-bond acceptors (Lipinski definition) is 2. The third-order valence-corrected chi connectivity index (χ3v) is 6.22. The molecular formula is C25H33NO2. The van der Waals surface area contributed by atoms with Crippen LogP contribution in [0.15, 0.2) is 42.5 Å². The van der Waals surface area contributed by atoms with Gasteiger partial charge >= 0.3 is 0 Å². The smallest absolute Gasteiger partial charge is 0.104 e. The third-order valence-electron chi connectivity index (χ3n) is 6.22. The molecule has 3 rings (SSSR count). The highest BCUT2D eigenvalue weighted by Gasteiger charge is 2.21. The van der Waals surface area contributed by atoms with Crippen molar-refractivity contribution in [1.82, 2.24) is 0 Å². The van der Waals surface area contributed by atoms with Crippen molar-refractivity contribution in [3.8, 4) is 11.1 Å². The van der Waals surface area contributed by atoms with E-state index < -0.39 is 5.97 Å². The second-order valence-electron chi connectivity index (χ2n) is 9.09. The Hall–Kier alpha value is -2.13. The Kier molecular flexibility index (Phi) is 6.56. The third kappa shape index (κ3) is 5.23. The molecule has 2 aromatic carbocycles. The molecule has 0 atom stereocenters. The van der Waals surface area contributed by atoms with E-state index in [2.05, 4.69) is 14.1 Å². The fourth-order valence-electron chi connectivity index (χ4n) is 4.55. The Morgan fingerprint density at radius 3 is 2.43 bits per heavy atom. The zero-order chi connectivity index (χ0) is 20.1. The molecule has 150 valence electrons. The van der Waals surface area contributed by atoms with Gasteiger partial charge in [-0.2, -0.15) is 0 Å². The number of benzene rings is 2. The summed E-state index contributed by atoms with van der Waals surface area (Å²) in [6.07, 6.45) is 8.25. The first kappa shape index (κ1) is 20.6. The summed E-state index contributed by atoms with van der Waals surface area (Å²) in [5, 5.41) is 11.7. The Bertz CT molecular complexity index is 819. The van der Waals surface area contributed by atoms with E-state index in [1.54, 1.807) is 6.07 Å². The first-order chi connectivity index (χ1) is 13.4. The molecule has 0 heterocycles.